The molecule has 2 aromatic carbocycles. The second-order valence-corrected chi connectivity index (χ2v) is 14.1. The van der Waals surface area contributed by atoms with E-state index in [2.05, 4.69) is 26.7 Å². The van der Waals surface area contributed by atoms with E-state index in [1.807, 2.05) is 26.1 Å². The summed E-state index contributed by atoms with van der Waals surface area (Å²) in [7, 11) is 0. The number of hydrazine groups is 2. The molecule has 2 atom stereocenters. The van der Waals surface area contributed by atoms with Crippen LogP contribution < -0.4 is 27.5 Å². The van der Waals surface area contributed by atoms with E-state index in [0.717, 1.165) is 4.90 Å². The Balaban J connectivity index is 1.37. The first-order valence-electron chi connectivity index (χ1n) is 15.7. The third-order valence-electron chi connectivity index (χ3n) is 8.76. The third-order valence-corrected chi connectivity index (χ3v) is 9.09. The number of alkyl carbamates (subject to hydrolysis) is 1. The quantitative estimate of drug-likeness (QED) is 0.177. The number of amidine groups is 1. The number of carbonyl (C=O) groups excluding carboxylic acids is 2. The number of nitrogens with two attached hydrogens (primary N) is 1. The molecule has 1 saturated carbocycles. The highest BCUT2D eigenvalue weighted by Crippen LogP contribution is 2.49. The Morgan fingerprint density at radius 1 is 1.12 bits per heavy atom. The van der Waals surface area contributed by atoms with E-state index in [1.54, 1.807) is 36.4 Å². The average molecular weight is 737 g/mol. The van der Waals surface area contributed by atoms with Crippen LogP contribution in [0.15, 0.2) is 65.0 Å². The van der Waals surface area contributed by atoms with Gasteiger partial charge in [-0.15, -0.1) is 10.6 Å². The largest absolute Gasteiger partial charge is 0.447 e. The molecule has 1 fully saturated rings. The first-order valence-corrected chi connectivity index (χ1v) is 16.1. The lowest BCUT2D eigenvalue weighted by molar-refractivity contribution is -0.164. The second-order valence-electron chi connectivity index (χ2n) is 13.7. The molecular weight excluding hydrogens is 703 g/mol. The molecule has 19 heteroatoms. The van der Waals surface area contributed by atoms with Crippen molar-refractivity contribution < 1.29 is 36.3 Å². The molecule has 2 amide bonds. The van der Waals surface area contributed by atoms with Crippen LogP contribution in [0.4, 0.5) is 26.7 Å². The van der Waals surface area contributed by atoms with Crippen molar-refractivity contribution >= 4 is 35.4 Å². The van der Waals surface area contributed by atoms with Crippen LogP contribution in [0.1, 0.15) is 69.3 Å². The Bertz CT molecular complexity index is 1890. The van der Waals surface area contributed by atoms with E-state index in [1.165, 1.54) is 18.5 Å². The van der Waals surface area contributed by atoms with Gasteiger partial charge in [-0.1, -0.05) is 62.7 Å². The number of hydrazone groups is 1. The predicted octanol–water partition coefficient (Wildman–Crippen LogP) is 5.22. The highest BCUT2D eigenvalue weighted by atomic mass is 35.5. The molecule has 13 nitrogen and oxygen atoms in total. The van der Waals surface area contributed by atoms with Crippen molar-refractivity contribution in [3.05, 3.63) is 76.6 Å². The lowest BCUT2D eigenvalue weighted by Gasteiger charge is -2.35. The van der Waals surface area contributed by atoms with Gasteiger partial charge in [0.1, 0.15) is 12.1 Å². The van der Waals surface area contributed by atoms with E-state index in [0.29, 0.717) is 32.5 Å². The maximum atomic E-state index is 14.8. The number of hydrogen-bond acceptors (Lipinski definition) is 10. The molecule has 272 valence electrons. The molecule has 0 radical (unpaired) electrons. The summed E-state index contributed by atoms with van der Waals surface area (Å²) in [6.07, 6.45) is -3.94. The first-order chi connectivity index (χ1) is 23.9. The summed E-state index contributed by atoms with van der Waals surface area (Å²) in [4.78, 5) is 33.5. The van der Waals surface area contributed by atoms with Gasteiger partial charge in [-0.25, -0.2) is 20.0 Å². The summed E-state index contributed by atoms with van der Waals surface area (Å²) in [5.74, 6) is -0.534. The molecule has 0 saturated heterocycles. The zero-order valence-corrected chi connectivity index (χ0v) is 28.2. The van der Waals surface area contributed by atoms with Gasteiger partial charge < -0.3 is 15.8 Å². The number of halogens is 6. The molecule has 6 N–H and O–H groups in total. The fourth-order valence-electron chi connectivity index (χ4n) is 6.18. The minimum atomic E-state index is -4.68. The Morgan fingerprint density at radius 3 is 2.39 bits per heavy atom. The van der Waals surface area contributed by atoms with Crippen molar-refractivity contribution in [3.8, 4) is 11.1 Å². The first kappa shape index (κ1) is 35.8. The van der Waals surface area contributed by atoms with Gasteiger partial charge in [0.05, 0.1) is 17.3 Å². The number of aromatic nitrogens is 2. The maximum absolute atomic E-state index is 14.8. The SMILES string of the molecule is CC(C)(C)C[C@]1(c2ccc(-c3cnn(C(F)F)c3)cc2)N=C(N)N([C@H](COC(=O)NC2(C(F)(F)F)CC2)c2ccc(Cl)c(C3=NNNN3)c2)C1=O. The van der Waals surface area contributed by atoms with E-state index in [4.69, 9.17) is 27.1 Å². The number of amides is 2. The van der Waals surface area contributed by atoms with Crippen molar-refractivity contribution in [1.82, 2.24) is 36.5 Å². The number of carbonyl (C=O) groups is 2. The zero-order valence-electron chi connectivity index (χ0n) is 27.5. The van der Waals surface area contributed by atoms with Gasteiger partial charge in [-0.2, -0.15) is 27.1 Å². The normalized spacial score (nSPS) is 20.4. The molecule has 3 aromatic rings. The standard InChI is InChI=1S/C32H34ClF5N10O3/c1-29(2,3)16-31(20-7-4-17(5-8-20)19-13-40-47(14-19)26(34)35)25(49)48(27(39)41-31)23(15-51-28(50)42-30(10-11-30)32(36,37)38)18-6-9-22(33)21(12-18)24-43-45-46-44-24/h4-9,12-14,23,26,45-46H,10-11,15-16H2,1-3H3,(H2,39,41)(H,42,50)(H,43,44)/t23-,31-/m1/s1. The maximum Gasteiger partial charge on any atom is 0.411 e. The van der Waals surface area contributed by atoms with Crippen LogP contribution in [0.2, 0.25) is 5.02 Å². The molecule has 0 bridgehead atoms. The van der Waals surface area contributed by atoms with E-state index in [-0.39, 0.29) is 36.1 Å². The number of nitrogens with one attached hydrogen (secondary N) is 4. The highest BCUT2D eigenvalue weighted by molar-refractivity contribution is 6.34. The summed E-state index contributed by atoms with van der Waals surface area (Å²) in [6, 6.07) is 10.1. The van der Waals surface area contributed by atoms with Crippen LogP contribution in [-0.4, -0.2) is 56.8 Å². The van der Waals surface area contributed by atoms with Gasteiger partial charge >= 0.3 is 18.8 Å². The molecule has 3 aliphatic rings. The molecule has 6 rings (SSSR count). The van der Waals surface area contributed by atoms with Crippen LogP contribution in [0.5, 0.6) is 0 Å². The number of guanidine groups is 1. The minimum Gasteiger partial charge on any atom is -0.447 e. The Hall–Kier alpha value is -4.97. The van der Waals surface area contributed by atoms with Gasteiger partial charge in [0, 0.05) is 17.3 Å². The number of ether oxygens (including phenoxy) is 1. The number of alkyl halides is 5. The fourth-order valence-corrected chi connectivity index (χ4v) is 6.38. The van der Waals surface area contributed by atoms with Gasteiger partial charge in [0.15, 0.2) is 17.3 Å². The van der Waals surface area contributed by atoms with Crippen LogP contribution in [0.25, 0.3) is 11.1 Å². The van der Waals surface area contributed by atoms with E-state index in [9.17, 15) is 31.5 Å². The smallest absolute Gasteiger partial charge is 0.411 e. The molecule has 1 aliphatic carbocycles. The summed E-state index contributed by atoms with van der Waals surface area (Å²) in [5, 5.41) is 9.94. The Labute approximate surface area is 293 Å². The predicted molar refractivity (Wildman–Crippen MR) is 176 cm³/mol. The second kappa shape index (κ2) is 13.0. The zero-order chi connectivity index (χ0) is 36.9. The monoisotopic (exact) mass is 736 g/mol. The van der Waals surface area contributed by atoms with Crippen molar-refractivity contribution in [1.29, 1.82) is 0 Å². The van der Waals surface area contributed by atoms with Crippen molar-refractivity contribution in [3.63, 3.8) is 0 Å². The van der Waals surface area contributed by atoms with Gasteiger partial charge in [0.2, 0.25) is 0 Å². The Morgan fingerprint density at radius 2 is 1.82 bits per heavy atom. The van der Waals surface area contributed by atoms with Crippen LogP contribution in [-0.2, 0) is 15.1 Å². The number of nitrogens with zero attached hydrogens (tertiary/aromatic N) is 5. The van der Waals surface area contributed by atoms with Crippen molar-refractivity contribution in [2.75, 3.05) is 6.61 Å². The van der Waals surface area contributed by atoms with Crippen molar-refractivity contribution in [2.24, 2.45) is 21.2 Å². The third kappa shape index (κ3) is 7.01. The molecule has 0 unspecified atom stereocenters. The molecule has 1 aromatic heterocycles. The fraction of sp³-hybridized carbons (Fsp3) is 0.406. The average Bonchev–Trinajstić information content (AvgIpc) is 3.38. The number of rotatable bonds is 10. The van der Waals surface area contributed by atoms with Gasteiger partial charge in [0.25, 0.3) is 5.91 Å². The number of hydrogen-bond donors (Lipinski definition) is 5. The molecular formula is C32H34ClF5N10O3. The highest BCUT2D eigenvalue weighted by Gasteiger charge is 2.64. The van der Waals surface area contributed by atoms with Crippen LogP contribution in [0.3, 0.4) is 0 Å². The minimum absolute atomic E-state index is 0.158. The van der Waals surface area contributed by atoms with Crippen LogP contribution in [0, 0.1) is 5.41 Å². The number of aliphatic imine (C=N–C) groups is 1. The topological polar surface area (TPSA) is 163 Å². The molecule has 2 aliphatic heterocycles. The van der Waals surface area contributed by atoms with Gasteiger partial charge in [-0.3, -0.25) is 15.1 Å². The van der Waals surface area contributed by atoms with Gasteiger partial charge in [-0.05, 0) is 53.5 Å². The lowest BCUT2D eigenvalue weighted by Crippen LogP contribution is -2.50. The molecule has 3 heterocycles. The van der Waals surface area contributed by atoms with E-state index >= 15 is 0 Å². The van der Waals surface area contributed by atoms with Crippen molar-refractivity contribution in [2.45, 2.75) is 69.9 Å². The number of benzene rings is 2. The molecule has 0 spiro atoms. The summed E-state index contributed by atoms with van der Waals surface area (Å²) in [5.41, 5.74) is 12.1. The summed E-state index contributed by atoms with van der Waals surface area (Å²) >= 11 is 6.47. The molecule has 51 heavy (non-hydrogen) atoms. The lowest BCUT2D eigenvalue weighted by atomic mass is 9.75. The Kier molecular flexibility index (Phi) is 9.12. The summed E-state index contributed by atoms with van der Waals surface area (Å²) < 4.78 is 73.0. The van der Waals surface area contributed by atoms with Crippen LogP contribution >= 0.6 is 11.6 Å². The van der Waals surface area contributed by atoms with E-state index < -0.39 is 53.9 Å². The summed E-state index contributed by atoms with van der Waals surface area (Å²) in [6.45, 7) is 2.29.